The van der Waals surface area contributed by atoms with E-state index in [1.54, 1.807) is 32.0 Å². The Morgan fingerprint density at radius 1 is 1.07 bits per heavy atom. The quantitative estimate of drug-likeness (QED) is 0.586. The third-order valence-electron chi connectivity index (χ3n) is 4.66. The monoisotopic (exact) mass is 419 g/mol. The van der Waals surface area contributed by atoms with Gasteiger partial charge >= 0.3 is 0 Å². The molecule has 0 radical (unpaired) electrons. The van der Waals surface area contributed by atoms with Crippen molar-refractivity contribution in [1.29, 1.82) is 0 Å². The van der Waals surface area contributed by atoms with E-state index in [1.807, 2.05) is 32.0 Å². The van der Waals surface area contributed by atoms with Crippen molar-refractivity contribution in [1.82, 2.24) is 14.4 Å². The molecule has 0 aliphatic rings. The van der Waals surface area contributed by atoms with Crippen LogP contribution in [-0.2, 0) is 16.6 Å². The maximum absolute atomic E-state index is 13.2. The molecule has 0 unspecified atom stereocenters. The van der Waals surface area contributed by atoms with Crippen molar-refractivity contribution >= 4 is 21.6 Å². The van der Waals surface area contributed by atoms with Crippen molar-refractivity contribution in [3.05, 3.63) is 64.0 Å². The highest BCUT2D eigenvalue weighted by Gasteiger charge is 2.27. The van der Waals surface area contributed by atoms with Gasteiger partial charge in [-0.15, -0.1) is 0 Å². The van der Waals surface area contributed by atoms with Gasteiger partial charge in [-0.2, -0.15) is 9.29 Å². The van der Waals surface area contributed by atoms with Gasteiger partial charge in [-0.3, -0.25) is 0 Å². The molecule has 148 valence electrons. The van der Waals surface area contributed by atoms with Gasteiger partial charge in [0.2, 0.25) is 21.7 Å². The maximum atomic E-state index is 13.2. The number of sulfonamides is 1. The van der Waals surface area contributed by atoms with Crippen molar-refractivity contribution in [2.75, 3.05) is 6.54 Å². The van der Waals surface area contributed by atoms with Gasteiger partial charge in [0, 0.05) is 12.1 Å². The average molecular weight is 420 g/mol. The second kappa shape index (κ2) is 8.03. The Labute approximate surface area is 170 Å². The van der Waals surface area contributed by atoms with Gasteiger partial charge in [-0.05, 0) is 55.7 Å². The fourth-order valence-corrected chi connectivity index (χ4v) is 4.85. The normalized spacial score (nSPS) is 11.9. The zero-order valence-corrected chi connectivity index (χ0v) is 17.8. The van der Waals surface area contributed by atoms with Crippen molar-refractivity contribution in [3.63, 3.8) is 0 Å². The number of rotatable bonds is 6. The molecule has 2 aromatic carbocycles. The Morgan fingerprint density at radius 3 is 2.43 bits per heavy atom. The summed E-state index contributed by atoms with van der Waals surface area (Å²) in [5.74, 6) is 0.540. The van der Waals surface area contributed by atoms with Crippen LogP contribution in [0.3, 0.4) is 0 Å². The number of aryl methyl sites for hydroxylation is 3. The molecule has 8 heteroatoms. The number of benzene rings is 2. The summed E-state index contributed by atoms with van der Waals surface area (Å²) in [4.78, 5) is 4.62. The molecule has 28 heavy (non-hydrogen) atoms. The Hall–Kier alpha value is -2.22. The van der Waals surface area contributed by atoms with E-state index in [0.717, 1.165) is 11.1 Å². The van der Waals surface area contributed by atoms with Crippen LogP contribution in [0.2, 0.25) is 5.02 Å². The van der Waals surface area contributed by atoms with E-state index in [2.05, 4.69) is 10.1 Å². The summed E-state index contributed by atoms with van der Waals surface area (Å²) in [5.41, 5.74) is 3.33. The Kier molecular flexibility index (Phi) is 5.88. The van der Waals surface area contributed by atoms with Crippen LogP contribution in [0.5, 0.6) is 0 Å². The van der Waals surface area contributed by atoms with Crippen LogP contribution in [0, 0.1) is 20.8 Å². The van der Waals surface area contributed by atoms with Crippen LogP contribution < -0.4 is 0 Å². The molecule has 1 aromatic heterocycles. The maximum Gasteiger partial charge on any atom is 0.243 e. The zero-order chi connectivity index (χ0) is 20.5. The minimum atomic E-state index is -3.70. The summed E-state index contributed by atoms with van der Waals surface area (Å²) < 4.78 is 33.0. The summed E-state index contributed by atoms with van der Waals surface area (Å²) in [6.07, 6.45) is 0. The molecule has 3 rings (SSSR count). The van der Waals surface area contributed by atoms with Crippen LogP contribution in [0.4, 0.5) is 0 Å². The molecule has 0 amide bonds. The molecule has 0 fully saturated rings. The number of aromatic nitrogens is 2. The predicted octanol–water partition coefficient (Wildman–Crippen LogP) is 4.53. The van der Waals surface area contributed by atoms with Gasteiger partial charge in [0.15, 0.2) is 0 Å². The van der Waals surface area contributed by atoms with Crippen molar-refractivity contribution in [2.24, 2.45) is 0 Å². The number of nitrogens with zero attached hydrogens (tertiary/aromatic N) is 3. The molecule has 0 aliphatic heterocycles. The molecule has 0 aliphatic carbocycles. The fourth-order valence-electron chi connectivity index (χ4n) is 2.94. The van der Waals surface area contributed by atoms with Crippen LogP contribution >= 0.6 is 11.6 Å². The van der Waals surface area contributed by atoms with E-state index in [9.17, 15) is 8.42 Å². The minimum Gasteiger partial charge on any atom is -0.338 e. The van der Waals surface area contributed by atoms with E-state index in [0.29, 0.717) is 26.9 Å². The van der Waals surface area contributed by atoms with Gasteiger partial charge in [-0.25, -0.2) is 8.42 Å². The SMILES string of the molecule is CCN(Cc1nc(-c2ccccc2Cl)no1)S(=O)(=O)c1cc(C)c(C)cc1C. The van der Waals surface area contributed by atoms with Crippen molar-refractivity contribution < 1.29 is 12.9 Å². The molecule has 0 spiro atoms. The van der Waals surface area contributed by atoms with Crippen molar-refractivity contribution in [2.45, 2.75) is 39.1 Å². The predicted molar refractivity (Wildman–Crippen MR) is 109 cm³/mol. The average Bonchev–Trinajstić information content (AvgIpc) is 3.11. The van der Waals surface area contributed by atoms with Crippen LogP contribution in [-0.4, -0.2) is 29.4 Å². The van der Waals surface area contributed by atoms with E-state index in [1.165, 1.54) is 4.31 Å². The first-order valence-corrected chi connectivity index (χ1v) is 10.7. The topological polar surface area (TPSA) is 76.3 Å². The number of hydrogen-bond donors (Lipinski definition) is 0. The van der Waals surface area contributed by atoms with Gasteiger partial charge in [0.25, 0.3) is 0 Å². The number of hydrogen-bond acceptors (Lipinski definition) is 5. The Balaban J connectivity index is 1.91. The lowest BCUT2D eigenvalue weighted by Gasteiger charge is -2.20. The second-order valence-corrected chi connectivity index (χ2v) is 8.94. The highest BCUT2D eigenvalue weighted by molar-refractivity contribution is 7.89. The van der Waals surface area contributed by atoms with E-state index >= 15 is 0 Å². The highest BCUT2D eigenvalue weighted by Crippen LogP contribution is 2.27. The molecule has 6 nitrogen and oxygen atoms in total. The summed E-state index contributed by atoms with van der Waals surface area (Å²) in [7, 11) is -3.70. The Bertz CT molecular complexity index is 1110. The summed E-state index contributed by atoms with van der Waals surface area (Å²) >= 11 is 6.17. The smallest absolute Gasteiger partial charge is 0.243 e. The molecule has 0 saturated carbocycles. The van der Waals surface area contributed by atoms with E-state index < -0.39 is 10.0 Å². The van der Waals surface area contributed by atoms with Gasteiger partial charge in [-0.1, -0.05) is 41.9 Å². The van der Waals surface area contributed by atoms with E-state index in [-0.39, 0.29) is 19.0 Å². The molecular weight excluding hydrogens is 398 g/mol. The van der Waals surface area contributed by atoms with Crippen LogP contribution in [0.1, 0.15) is 29.5 Å². The van der Waals surface area contributed by atoms with Crippen LogP contribution in [0.15, 0.2) is 45.8 Å². The third-order valence-corrected chi connectivity index (χ3v) is 7.05. The lowest BCUT2D eigenvalue weighted by Crippen LogP contribution is -2.31. The fraction of sp³-hybridized carbons (Fsp3) is 0.300. The molecular formula is C20H22ClN3O3S. The van der Waals surface area contributed by atoms with Gasteiger partial charge < -0.3 is 4.52 Å². The molecule has 3 aromatic rings. The van der Waals surface area contributed by atoms with Gasteiger partial charge in [0.05, 0.1) is 16.5 Å². The molecule has 0 atom stereocenters. The second-order valence-electron chi connectivity index (χ2n) is 6.62. The minimum absolute atomic E-state index is 0.0113. The summed E-state index contributed by atoms with van der Waals surface area (Å²) in [6, 6.07) is 10.7. The van der Waals surface area contributed by atoms with Gasteiger partial charge in [0.1, 0.15) is 0 Å². The third kappa shape index (κ3) is 3.97. The Morgan fingerprint density at radius 2 is 1.75 bits per heavy atom. The number of halogens is 1. The largest absolute Gasteiger partial charge is 0.338 e. The standard InChI is InChI=1S/C20H22ClN3O3S/c1-5-24(28(25,26)18-11-14(3)13(2)10-15(18)4)12-19-22-20(23-27-19)16-8-6-7-9-17(16)21/h6-11H,5,12H2,1-4H3. The first-order chi connectivity index (χ1) is 13.2. The lowest BCUT2D eigenvalue weighted by atomic mass is 10.1. The molecule has 0 saturated heterocycles. The summed E-state index contributed by atoms with van der Waals surface area (Å²) in [6.45, 7) is 7.71. The zero-order valence-electron chi connectivity index (χ0n) is 16.2. The summed E-state index contributed by atoms with van der Waals surface area (Å²) in [5, 5.41) is 4.44. The van der Waals surface area contributed by atoms with Crippen LogP contribution in [0.25, 0.3) is 11.4 Å². The highest BCUT2D eigenvalue weighted by atomic mass is 35.5. The first-order valence-electron chi connectivity index (χ1n) is 8.89. The first kappa shape index (κ1) is 20.5. The van der Waals surface area contributed by atoms with Crippen molar-refractivity contribution in [3.8, 4) is 11.4 Å². The molecule has 0 bridgehead atoms. The molecule has 0 N–H and O–H groups in total. The van der Waals surface area contributed by atoms with E-state index in [4.69, 9.17) is 16.1 Å². The lowest BCUT2D eigenvalue weighted by molar-refractivity contribution is 0.321. The molecule has 1 heterocycles.